The topological polar surface area (TPSA) is 12.0 Å². The van der Waals surface area contributed by atoms with Gasteiger partial charge in [-0.2, -0.15) is 0 Å². The molecule has 2 aromatic rings. The standard InChI is InChI=1S/C21H19ClFN/c22-17-6-9-19-20(11-17)21(19)16-3-1-2-15(10-16)13-24-12-14-4-7-18(23)8-5-14/h1-10,17,19,24H,11-13H2/t17?,19-/m1/s1. The number of hydrogen-bond acceptors (Lipinski definition) is 1. The van der Waals surface area contributed by atoms with Crippen molar-refractivity contribution in [3.8, 4) is 0 Å². The van der Waals surface area contributed by atoms with Crippen LogP contribution < -0.4 is 5.32 Å². The molecule has 0 aliphatic heterocycles. The van der Waals surface area contributed by atoms with Crippen molar-refractivity contribution >= 4 is 17.2 Å². The lowest BCUT2D eigenvalue weighted by molar-refractivity contribution is 0.625. The third-order valence-corrected chi connectivity index (χ3v) is 4.99. The molecule has 2 aliphatic carbocycles. The summed E-state index contributed by atoms with van der Waals surface area (Å²) < 4.78 is 12.9. The minimum atomic E-state index is -0.194. The third kappa shape index (κ3) is 3.31. The van der Waals surface area contributed by atoms with Gasteiger partial charge in [0, 0.05) is 19.0 Å². The van der Waals surface area contributed by atoms with Crippen LogP contribution in [0.15, 0.2) is 66.3 Å². The zero-order valence-corrected chi connectivity index (χ0v) is 14.1. The van der Waals surface area contributed by atoms with E-state index in [0.29, 0.717) is 5.92 Å². The van der Waals surface area contributed by atoms with E-state index >= 15 is 0 Å². The Balaban J connectivity index is 1.39. The van der Waals surface area contributed by atoms with Gasteiger partial charge >= 0.3 is 0 Å². The second kappa shape index (κ2) is 6.54. The Morgan fingerprint density at radius 1 is 1.00 bits per heavy atom. The Morgan fingerprint density at radius 3 is 2.58 bits per heavy atom. The first-order valence-corrected chi connectivity index (χ1v) is 8.74. The summed E-state index contributed by atoms with van der Waals surface area (Å²) in [6.45, 7) is 1.53. The summed E-state index contributed by atoms with van der Waals surface area (Å²) in [7, 11) is 0. The van der Waals surface area contributed by atoms with Crippen molar-refractivity contribution in [3.05, 3.63) is 88.8 Å². The number of benzene rings is 2. The maximum atomic E-state index is 12.9. The maximum Gasteiger partial charge on any atom is 0.123 e. The monoisotopic (exact) mass is 339 g/mol. The summed E-state index contributed by atoms with van der Waals surface area (Å²) in [6.07, 6.45) is 5.31. The first-order chi connectivity index (χ1) is 11.7. The molecule has 2 aromatic carbocycles. The summed E-state index contributed by atoms with van der Waals surface area (Å²) in [5.74, 6) is 0.322. The van der Waals surface area contributed by atoms with Crippen molar-refractivity contribution < 1.29 is 4.39 Å². The Hall–Kier alpha value is -1.90. The minimum absolute atomic E-state index is 0.148. The van der Waals surface area contributed by atoms with Crippen LogP contribution in [0.1, 0.15) is 23.1 Å². The van der Waals surface area contributed by atoms with E-state index in [-0.39, 0.29) is 11.2 Å². The number of alkyl halides is 1. The van der Waals surface area contributed by atoms with Crippen LogP contribution in [0.3, 0.4) is 0 Å². The van der Waals surface area contributed by atoms with Crippen LogP contribution in [-0.2, 0) is 13.1 Å². The highest BCUT2D eigenvalue weighted by Crippen LogP contribution is 2.53. The molecule has 0 amide bonds. The average molecular weight is 340 g/mol. The van der Waals surface area contributed by atoms with E-state index in [1.807, 2.05) is 12.1 Å². The molecule has 0 fully saturated rings. The minimum Gasteiger partial charge on any atom is -0.309 e. The molecule has 2 aliphatic rings. The highest BCUT2D eigenvalue weighted by Gasteiger charge is 2.38. The van der Waals surface area contributed by atoms with Crippen molar-refractivity contribution in [2.24, 2.45) is 5.92 Å². The van der Waals surface area contributed by atoms with E-state index in [9.17, 15) is 4.39 Å². The lowest BCUT2D eigenvalue weighted by atomic mass is 10.0. The Bertz CT molecular complexity index is 807. The molecule has 2 atom stereocenters. The molecule has 1 nitrogen and oxygen atoms in total. The summed E-state index contributed by atoms with van der Waals surface area (Å²) >= 11 is 6.20. The van der Waals surface area contributed by atoms with E-state index in [2.05, 4.69) is 41.7 Å². The van der Waals surface area contributed by atoms with Crippen LogP contribution in [-0.4, -0.2) is 5.38 Å². The second-order valence-corrected chi connectivity index (χ2v) is 7.01. The van der Waals surface area contributed by atoms with Gasteiger partial charge in [-0.15, -0.1) is 11.6 Å². The Kier molecular flexibility index (Phi) is 4.26. The molecule has 4 rings (SSSR count). The molecular weight excluding hydrogens is 321 g/mol. The van der Waals surface area contributed by atoms with Gasteiger partial charge in [0.2, 0.25) is 0 Å². The van der Waals surface area contributed by atoms with Crippen LogP contribution in [0.2, 0.25) is 0 Å². The number of fused-ring (bicyclic) bond motifs is 1. The smallest absolute Gasteiger partial charge is 0.123 e. The van der Waals surface area contributed by atoms with Gasteiger partial charge in [-0.1, -0.05) is 54.1 Å². The van der Waals surface area contributed by atoms with Crippen LogP contribution in [0, 0.1) is 11.7 Å². The Labute approximate surface area is 146 Å². The van der Waals surface area contributed by atoms with E-state index in [1.54, 1.807) is 0 Å². The van der Waals surface area contributed by atoms with Gasteiger partial charge in [0.25, 0.3) is 0 Å². The zero-order chi connectivity index (χ0) is 16.5. The van der Waals surface area contributed by atoms with Gasteiger partial charge in [0.1, 0.15) is 5.82 Å². The molecule has 3 heteroatoms. The molecule has 24 heavy (non-hydrogen) atoms. The molecule has 1 unspecified atom stereocenters. The number of nitrogens with one attached hydrogen (secondary N) is 1. The quantitative estimate of drug-likeness (QED) is 0.592. The fourth-order valence-electron chi connectivity index (χ4n) is 3.41. The molecular formula is C21H19ClFN. The predicted molar refractivity (Wildman–Crippen MR) is 97.2 cm³/mol. The van der Waals surface area contributed by atoms with Crippen molar-refractivity contribution in [2.75, 3.05) is 0 Å². The summed E-state index contributed by atoms with van der Waals surface area (Å²) in [5.41, 5.74) is 6.61. The normalized spacial score (nSPS) is 21.8. The molecule has 0 saturated carbocycles. The van der Waals surface area contributed by atoms with Crippen molar-refractivity contribution in [1.29, 1.82) is 0 Å². The zero-order valence-electron chi connectivity index (χ0n) is 13.3. The second-order valence-electron chi connectivity index (χ2n) is 6.45. The number of rotatable bonds is 5. The van der Waals surface area contributed by atoms with Gasteiger partial charge in [-0.3, -0.25) is 0 Å². The van der Waals surface area contributed by atoms with Gasteiger partial charge in [-0.25, -0.2) is 4.39 Å². The van der Waals surface area contributed by atoms with Gasteiger partial charge < -0.3 is 5.32 Å². The SMILES string of the molecule is Fc1ccc(CNCc2cccc(C3=C4CC(Cl)C=C[C@H]43)c2)cc1. The number of hydrogen-bond donors (Lipinski definition) is 1. The summed E-state index contributed by atoms with van der Waals surface area (Å²) in [6, 6.07) is 15.3. The highest BCUT2D eigenvalue weighted by atomic mass is 35.5. The summed E-state index contributed by atoms with van der Waals surface area (Å²) in [4.78, 5) is 0. The van der Waals surface area contributed by atoms with E-state index in [4.69, 9.17) is 11.6 Å². The lowest BCUT2D eigenvalue weighted by Crippen LogP contribution is -2.12. The average Bonchev–Trinajstić information content (AvgIpc) is 3.30. The van der Waals surface area contributed by atoms with E-state index in [0.717, 1.165) is 25.1 Å². The fourth-order valence-corrected chi connectivity index (χ4v) is 3.66. The fraction of sp³-hybridized carbons (Fsp3) is 0.238. The largest absolute Gasteiger partial charge is 0.309 e. The highest BCUT2D eigenvalue weighted by molar-refractivity contribution is 6.22. The molecule has 0 aromatic heterocycles. The van der Waals surface area contributed by atoms with Gasteiger partial charge in [-0.05, 0) is 40.8 Å². The molecule has 0 saturated heterocycles. The summed E-state index contributed by atoms with van der Waals surface area (Å²) in [5, 5.41) is 3.57. The van der Waals surface area contributed by atoms with Crippen LogP contribution in [0.5, 0.6) is 0 Å². The van der Waals surface area contributed by atoms with Crippen LogP contribution in [0.25, 0.3) is 5.57 Å². The van der Waals surface area contributed by atoms with Crippen LogP contribution >= 0.6 is 11.6 Å². The molecule has 122 valence electrons. The molecule has 0 radical (unpaired) electrons. The predicted octanol–water partition coefficient (Wildman–Crippen LogP) is 5.07. The molecule has 0 bridgehead atoms. The van der Waals surface area contributed by atoms with Crippen molar-refractivity contribution in [3.63, 3.8) is 0 Å². The Morgan fingerprint density at radius 2 is 1.79 bits per heavy atom. The van der Waals surface area contributed by atoms with E-state index < -0.39 is 0 Å². The van der Waals surface area contributed by atoms with Gasteiger partial charge in [0.15, 0.2) is 0 Å². The number of allylic oxidation sites excluding steroid dienone is 4. The lowest BCUT2D eigenvalue weighted by Gasteiger charge is -2.07. The van der Waals surface area contributed by atoms with Crippen molar-refractivity contribution in [2.45, 2.75) is 24.9 Å². The van der Waals surface area contributed by atoms with Crippen molar-refractivity contribution in [1.82, 2.24) is 5.32 Å². The first kappa shape index (κ1) is 15.6. The number of halogens is 2. The first-order valence-electron chi connectivity index (χ1n) is 8.30. The maximum absolute atomic E-state index is 12.9. The third-order valence-electron chi connectivity index (χ3n) is 4.69. The molecule has 1 N–H and O–H groups in total. The molecule has 0 heterocycles. The van der Waals surface area contributed by atoms with E-state index in [1.165, 1.54) is 34.4 Å². The van der Waals surface area contributed by atoms with Crippen LogP contribution in [0.4, 0.5) is 4.39 Å². The molecule has 0 spiro atoms. The van der Waals surface area contributed by atoms with Gasteiger partial charge in [0.05, 0.1) is 5.38 Å².